The van der Waals surface area contributed by atoms with Gasteiger partial charge in [-0.15, -0.1) is 10.2 Å². The number of methoxy groups -OCH3 is 2. The molecule has 0 aliphatic rings. The maximum absolute atomic E-state index is 15.5. The molecule has 11 nitrogen and oxygen atoms in total. The molecule has 0 N–H and O–H groups in total. The van der Waals surface area contributed by atoms with Crippen LogP contribution in [0.2, 0.25) is 10.0 Å². The summed E-state index contributed by atoms with van der Waals surface area (Å²) in [5.74, 6) is 1.31. The Balaban J connectivity index is 1.31. The molecular formula is C27H20Cl2FN7O4S. The van der Waals surface area contributed by atoms with Gasteiger partial charge in [-0.1, -0.05) is 41.0 Å². The molecule has 0 unspecified atom stereocenters. The number of nitrogens with zero attached hydrogens (tertiary/aromatic N) is 7. The van der Waals surface area contributed by atoms with Crippen LogP contribution in [0.15, 0.2) is 52.2 Å². The molecule has 0 spiro atoms. The number of ether oxygens (including phenoxy) is 3. The molecule has 3 aromatic heterocycles. The molecule has 0 bridgehead atoms. The van der Waals surface area contributed by atoms with Crippen molar-refractivity contribution in [2.24, 2.45) is 7.05 Å². The number of benzene rings is 2. The monoisotopic (exact) mass is 627 g/mol. The predicted octanol–water partition coefficient (Wildman–Crippen LogP) is 6.27. The third-order valence-electron chi connectivity index (χ3n) is 5.80. The molecule has 0 amide bonds. The van der Waals surface area contributed by atoms with Crippen LogP contribution in [0.1, 0.15) is 22.8 Å². The van der Waals surface area contributed by atoms with Crippen molar-refractivity contribution in [1.29, 1.82) is 5.26 Å². The van der Waals surface area contributed by atoms with Crippen LogP contribution < -0.4 is 14.2 Å². The molecule has 0 radical (unpaired) electrons. The Hall–Kier alpha value is -4.38. The van der Waals surface area contributed by atoms with Crippen molar-refractivity contribution in [3.63, 3.8) is 0 Å². The molecule has 0 aliphatic carbocycles. The molecule has 0 saturated carbocycles. The van der Waals surface area contributed by atoms with Crippen molar-refractivity contribution in [1.82, 2.24) is 29.7 Å². The van der Waals surface area contributed by atoms with Crippen LogP contribution >= 0.6 is 35.0 Å². The zero-order valence-electron chi connectivity index (χ0n) is 22.3. The third-order valence-corrected chi connectivity index (χ3v) is 7.35. The van der Waals surface area contributed by atoms with Gasteiger partial charge in [0.25, 0.3) is 5.89 Å². The maximum Gasteiger partial charge on any atom is 0.265 e. The number of aromatic nitrogens is 6. The van der Waals surface area contributed by atoms with Gasteiger partial charge in [-0.25, -0.2) is 9.37 Å². The summed E-state index contributed by atoms with van der Waals surface area (Å²) in [6.07, 6.45) is 1.57. The van der Waals surface area contributed by atoms with E-state index in [9.17, 15) is 5.26 Å². The van der Waals surface area contributed by atoms with Crippen LogP contribution in [0.5, 0.6) is 23.3 Å². The number of halogens is 3. The number of hydrogen-bond acceptors (Lipinski definition) is 11. The summed E-state index contributed by atoms with van der Waals surface area (Å²) in [7, 11) is 4.84. The topological polar surface area (TPSA) is 134 Å². The van der Waals surface area contributed by atoms with Crippen molar-refractivity contribution in [3.8, 4) is 40.9 Å². The van der Waals surface area contributed by atoms with E-state index in [1.54, 1.807) is 23.9 Å². The first-order chi connectivity index (χ1) is 20.3. The van der Waals surface area contributed by atoms with Gasteiger partial charge in [0.15, 0.2) is 16.7 Å². The zero-order valence-corrected chi connectivity index (χ0v) is 24.6. The minimum atomic E-state index is -0.712. The summed E-state index contributed by atoms with van der Waals surface area (Å²) in [6.45, 7) is 0. The van der Waals surface area contributed by atoms with E-state index in [1.165, 1.54) is 56.3 Å². The van der Waals surface area contributed by atoms with Gasteiger partial charge in [0.05, 0.1) is 55.3 Å². The molecule has 5 rings (SSSR count). The average Bonchev–Trinajstić information content (AvgIpc) is 3.60. The highest BCUT2D eigenvalue weighted by molar-refractivity contribution is 7.98. The fraction of sp³-hybridized carbons (Fsp3) is 0.185. The molecule has 0 atom stereocenters. The Morgan fingerprint density at radius 3 is 2.55 bits per heavy atom. The highest BCUT2D eigenvalue weighted by Crippen LogP contribution is 2.36. The van der Waals surface area contributed by atoms with E-state index in [0.717, 1.165) is 0 Å². The summed E-state index contributed by atoms with van der Waals surface area (Å²) >= 11 is 13.7. The lowest BCUT2D eigenvalue weighted by Crippen LogP contribution is -2.00. The van der Waals surface area contributed by atoms with Gasteiger partial charge in [0.2, 0.25) is 17.7 Å². The molecule has 214 valence electrons. The first-order valence-electron chi connectivity index (χ1n) is 12.1. The molecule has 0 fully saturated rings. The van der Waals surface area contributed by atoms with E-state index < -0.39 is 5.82 Å². The molecule has 0 saturated heterocycles. The largest absolute Gasteiger partial charge is 0.481 e. The number of imidazole rings is 1. The van der Waals surface area contributed by atoms with E-state index in [2.05, 4.69) is 25.1 Å². The Kier molecular flexibility index (Phi) is 8.77. The summed E-state index contributed by atoms with van der Waals surface area (Å²) in [6, 6.07) is 10.9. The van der Waals surface area contributed by atoms with E-state index in [0.29, 0.717) is 34.2 Å². The summed E-state index contributed by atoms with van der Waals surface area (Å²) in [4.78, 5) is 13.1. The van der Waals surface area contributed by atoms with Gasteiger partial charge >= 0.3 is 0 Å². The lowest BCUT2D eigenvalue weighted by Gasteiger charge is -2.11. The summed E-state index contributed by atoms with van der Waals surface area (Å²) < 4.78 is 39.2. The van der Waals surface area contributed by atoms with Crippen molar-refractivity contribution in [2.45, 2.75) is 17.3 Å². The quantitative estimate of drug-likeness (QED) is 0.162. The molecule has 42 heavy (non-hydrogen) atoms. The van der Waals surface area contributed by atoms with Crippen molar-refractivity contribution in [2.75, 3.05) is 14.2 Å². The first-order valence-corrected chi connectivity index (χ1v) is 13.8. The Morgan fingerprint density at radius 1 is 1.07 bits per heavy atom. The Morgan fingerprint density at radius 2 is 1.83 bits per heavy atom. The minimum Gasteiger partial charge on any atom is -0.481 e. The summed E-state index contributed by atoms with van der Waals surface area (Å²) in [5.41, 5.74) is 1.03. The van der Waals surface area contributed by atoms with Gasteiger partial charge in [0, 0.05) is 17.6 Å². The maximum atomic E-state index is 15.5. The third kappa shape index (κ3) is 6.41. The fourth-order valence-electron chi connectivity index (χ4n) is 3.78. The standard InChI is InChI=1S/C27H20Cl2FN7O4S/c1-37-19(12-32-27(37)42-13-20-33-21(38-2)10-22(34-20)39-3)26-36-35-23(41-26)8-15-4-5-18(29)25(24(15)30)40-17-7-14(11-31)6-16(28)9-17/h4-7,9-10,12H,8,13H2,1-3H3. The van der Waals surface area contributed by atoms with E-state index in [1.807, 2.05) is 6.07 Å². The van der Waals surface area contributed by atoms with Gasteiger partial charge in [0.1, 0.15) is 17.3 Å². The van der Waals surface area contributed by atoms with Crippen LogP contribution in [-0.4, -0.2) is 43.9 Å². The highest BCUT2D eigenvalue weighted by atomic mass is 35.5. The molecule has 5 aromatic rings. The average molecular weight is 628 g/mol. The smallest absolute Gasteiger partial charge is 0.265 e. The molecule has 3 heterocycles. The van der Waals surface area contributed by atoms with Gasteiger partial charge in [-0.3, -0.25) is 0 Å². The minimum absolute atomic E-state index is 0.0280. The number of rotatable bonds is 10. The number of hydrogen-bond donors (Lipinski definition) is 0. The van der Waals surface area contributed by atoms with Crippen molar-refractivity contribution >= 4 is 35.0 Å². The fourth-order valence-corrected chi connectivity index (χ4v) is 4.99. The van der Waals surface area contributed by atoms with Crippen LogP contribution in [0, 0.1) is 17.1 Å². The normalized spacial score (nSPS) is 10.9. The first kappa shape index (κ1) is 29.1. The van der Waals surface area contributed by atoms with Crippen molar-refractivity contribution < 1.29 is 23.0 Å². The zero-order chi connectivity index (χ0) is 29.8. The Labute approximate surface area is 253 Å². The second kappa shape index (κ2) is 12.6. The molecule has 0 aliphatic heterocycles. The second-order valence-electron chi connectivity index (χ2n) is 8.56. The van der Waals surface area contributed by atoms with Gasteiger partial charge in [-0.2, -0.15) is 15.2 Å². The second-order valence-corrected chi connectivity index (χ2v) is 10.3. The molecular weight excluding hydrogens is 608 g/mol. The Bertz CT molecular complexity index is 1790. The van der Waals surface area contributed by atoms with Crippen LogP contribution in [-0.2, 0) is 19.2 Å². The summed E-state index contributed by atoms with van der Waals surface area (Å²) in [5, 5.41) is 18.3. The van der Waals surface area contributed by atoms with E-state index in [4.69, 9.17) is 41.8 Å². The predicted molar refractivity (Wildman–Crippen MR) is 152 cm³/mol. The van der Waals surface area contributed by atoms with E-state index in [-0.39, 0.29) is 50.9 Å². The van der Waals surface area contributed by atoms with Crippen molar-refractivity contribution in [3.05, 3.63) is 81.3 Å². The van der Waals surface area contributed by atoms with Crippen LogP contribution in [0.4, 0.5) is 4.39 Å². The lowest BCUT2D eigenvalue weighted by molar-refractivity contribution is 0.369. The van der Waals surface area contributed by atoms with Crippen LogP contribution in [0.3, 0.4) is 0 Å². The highest BCUT2D eigenvalue weighted by Gasteiger charge is 2.20. The molecule has 15 heteroatoms. The van der Waals surface area contributed by atoms with E-state index >= 15 is 4.39 Å². The van der Waals surface area contributed by atoms with Crippen LogP contribution in [0.25, 0.3) is 11.6 Å². The molecule has 2 aromatic carbocycles. The van der Waals surface area contributed by atoms with Gasteiger partial charge in [-0.05, 0) is 24.3 Å². The number of thioether (sulfide) groups is 1. The van der Waals surface area contributed by atoms with Gasteiger partial charge < -0.3 is 23.2 Å². The lowest BCUT2D eigenvalue weighted by atomic mass is 10.1. The SMILES string of the molecule is COc1cc(OC)nc(CSc2ncc(-c3nnc(Cc4ccc(Cl)c(Oc5cc(Cl)cc(C#N)c5)c4F)o3)n2C)n1. The number of nitriles is 1.